The van der Waals surface area contributed by atoms with Crippen LogP contribution in [0.1, 0.15) is 34.1 Å². The first-order valence-corrected chi connectivity index (χ1v) is 4.33. The fourth-order valence-electron chi connectivity index (χ4n) is 1.15. The summed E-state index contributed by atoms with van der Waals surface area (Å²) in [5.74, 6) is 2.27. The summed E-state index contributed by atoms with van der Waals surface area (Å²) in [4.78, 5) is 0. The summed E-state index contributed by atoms with van der Waals surface area (Å²) in [6.45, 7) is 9.90. The highest BCUT2D eigenvalue weighted by atomic mass is 14.5. The maximum absolute atomic E-state index is 5.57. The lowest BCUT2D eigenvalue weighted by Gasteiger charge is -2.23. The summed E-state index contributed by atoms with van der Waals surface area (Å²) in [6, 6.07) is 0. The lowest BCUT2D eigenvalue weighted by molar-refractivity contribution is 0.278. The van der Waals surface area contributed by atoms with Crippen LogP contribution in [0.2, 0.25) is 0 Å². The van der Waals surface area contributed by atoms with Crippen molar-refractivity contribution in [2.45, 2.75) is 34.1 Å². The Morgan fingerprint density at radius 1 is 1.10 bits per heavy atom. The number of hydrogen-bond acceptors (Lipinski definition) is 1. The van der Waals surface area contributed by atoms with Gasteiger partial charge in [0.15, 0.2) is 0 Å². The molecule has 0 aliphatic rings. The Bertz CT molecular complexity index is 70.8. The second-order valence-electron chi connectivity index (χ2n) is 3.46. The Labute approximate surface area is 65.0 Å². The molecule has 0 rings (SSSR count). The Morgan fingerprint density at radius 3 is 1.90 bits per heavy atom. The smallest absolute Gasteiger partial charge is 0.00489 e. The molecule has 0 saturated heterocycles. The molecule has 62 valence electrons. The van der Waals surface area contributed by atoms with Gasteiger partial charge in [-0.3, -0.25) is 0 Å². The maximum atomic E-state index is 5.57. The summed E-state index contributed by atoms with van der Waals surface area (Å²) in [6.07, 6.45) is 1.27. The molecule has 1 nitrogen and oxygen atoms in total. The predicted octanol–water partition coefficient (Wildman–Crippen LogP) is 2.26. The van der Waals surface area contributed by atoms with Gasteiger partial charge in [0.2, 0.25) is 0 Å². The minimum atomic E-state index is 0.676. The first kappa shape index (κ1) is 9.96. The third kappa shape index (κ3) is 2.70. The minimum absolute atomic E-state index is 0.676. The number of nitrogens with two attached hydrogens (primary N) is 1. The van der Waals surface area contributed by atoms with Crippen molar-refractivity contribution in [3.8, 4) is 0 Å². The second kappa shape index (κ2) is 4.73. The molecular formula is C9H21N. The molecule has 0 radical (unpaired) electrons. The van der Waals surface area contributed by atoms with E-state index in [4.69, 9.17) is 5.73 Å². The van der Waals surface area contributed by atoms with E-state index in [-0.39, 0.29) is 0 Å². The first-order valence-electron chi connectivity index (χ1n) is 4.33. The quantitative estimate of drug-likeness (QED) is 0.642. The molecule has 0 aliphatic heterocycles. The van der Waals surface area contributed by atoms with E-state index in [1.807, 2.05) is 0 Å². The third-order valence-electron chi connectivity index (χ3n) is 2.81. The van der Waals surface area contributed by atoms with Gasteiger partial charge in [-0.05, 0) is 24.3 Å². The summed E-state index contributed by atoms with van der Waals surface area (Å²) in [7, 11) is 0. The second-order valence-corrected chi connectivity index (χ2v) is 3.46. The van der Waals surface area contributed by atoms with Gasteiger partial charge in [0.05, 0.1) is 0 Å². The summed E-state index contributed by atoms with van der Waals surface area (Å²) in [5, 5.41) is 0. The Kier molecular flexibility index (Phi) is 4.71. The molecule has 0 bridgehead atoms. The van der Waals surface area contributed by atoms with Crippen molar-refractivity contribution >= 4 is 0 Å². The average Bonchev–Trinajstić information content (AvgIpc) is 2.00. The number of hydrogen-bond donors (Lipinski definition) is 1. The zero-order valence-electron chi connectivity index (χ0n) is 7.72. The summed E-state index contributed by atoms with van der Waals surface area (Å²) < 4.78 is 0. The summed E-state index contributed by atoms with van der Waals surface area (Å²) >= 11 is 0. The predicted molar refractivity (Wildman–Crippen MR) is 46.8 cm³/mol. The standard InChI is InChI=1S/C9H21N/c1-5-7(2)9(4)8(3)6-10/h7-9H,5-6,10H2,1-4H3/t7-,8+,9?/m0/s1. The molecular weight excluding hydrogens is 122 g/mol. The fourth-order valence-corrected chi connectivity index (χ4v) is 1.15. The van der Waals surface area contributed by atoms with Crippen LogP contribution in [0.5, 0.6) is 0 Å². The van der Waals surface area contributed by atoms with Crippen molar-refractivity contribution in [2.24, 2.45) is 23.5 Å². The van der Waals surface area contributed by atoms with Gasteiger partial charge in [0.25, 0.3) is 0 Å². The molecule has 1 unspecified atom stereocenters. The molecule has 2 N–H and O–H groups in total. The van der Waals surface area contributed by atoms with Crippen LogP contribution < -0.4 is 5.73 Å². The molecule has 0 saturated carbocycles. The van der Waals surface area contributed by atoms with Crippen molar-refractivity contribution in [1.82, 2.24) is 0 Å². The zero-order chi connectivity index (χ0) is 8.15. The number of rotatable bonds is 4. The van der Waals surface area contributed by atoms with E-state index in [2.05, 4.69) is 27.7 Å². The molecule has 0 amide bonds. The highest BCUT2D eigenvalue weighted by molar-refractivity contribution is 4.67. The Balaban J connectivity index is 3.69. The maximum Gasteiger partial charge on any atom is -0.00489 e. The molecule has 10 heavy (non-hydrogen) atoms. The molecule has 0 aromatic rings. The largest absolute Gasteiger partial charge is 0.330 e. The fraction of sp³-hybridized carbons (Fsp3) is 1.00. The zero-order valence-corrected chi connectivity index (χ0v) is 7.72. The van der Waals surface area contributed by atoms with Crippen molar-refractivity contribution in [3.05, 3.63) is 0 Å². The van der Waals surface area contributed by atoms with Crippen molar-refractivity contribution < 1.29 is 0 Å². The molecule has 3 atom stereocenters. The van der Waals surface area contributed by atoms with Gasteiger partial charge in [-0.25, -0.2) is 0 Å². The van der Waals surface area contributed by atoms with Crippen LogP contribution >= 0.6 is 0 Å². The van der Waals surface area contributed by atoms with Crippen LogP contribution in [-0.4, -0.2) is 6.54 Å². The summed E-state index contributed by atoms with van der Waals surface area (Å²) in [5.41, 5.74) is 5.57. The minimum Gasteiger partial charge on any atom is -0.330 e. The lowest BCUT2D eigenvalue weighted by Crippen LogP contribution is -2.23. The van der Waals surface area contributed by atoms with Gasteiger partial charge in [-0.2, -0.15) is 0 Å². The lowest BCUT2D eigenvalue weighted by atomic mass is 9.84. The molecule has 0 fully saturated rings. The Hall–Kier alpha value is -0.0400. The Morgan fingerprint density at radius 2 is 1.60 bits per heavy atom. The van der Waals surface area contributed by atoms with Crippen molar-refractivity contribution in [2.75, 3.05) is 6.54 Å². The highest BCUT2D eigenvalue weighted by Crippen LogP contribution is 2.21. The van der Waals surface area contributed by atoms with E-state index in [1.165, 1.54) is 6.42 Å². The van der Waals surface area contributed by atoms with Crippen LogP contribution in [0.4, 0.5) is 0 Å². The van der Waals surface area contributed by atoms with Crippen LogP contribution in [0.3, 0.4) is 0 Å². The van der Waals surface area contributed by atoms with Crippen molar-refractivity contribution in [1.29, 1.82) is 0 Å². The van der Waals surface area contributed by atoms with E-state index in [0.29, 0.717) is 5.92 Å². The monoisotopic (exact) mass is 143 g/mol. The van der Waals surface area contributed by atoms with Gasteiger partial charge >= 0.3 is 0 Å². The molecule has 1 heteroatoms. The van der Waals surface area contributed by atoms with Crippen LogP contribution in [0.15, 0.2) is 0 Å². The van der Waals surface area contributed by atoms with Gasteiger partial charge in [0, 0.05) is 0 Å². The van der Waals surface area contributed by atoms with E-state index in [1.54, 1.807) is 0 Å². The van der Waals surface area contributed by atoms with E-state index < -0.39 is 0 Å². The van der Waals surface area contributed by atoms with Gasteiger partial charge < -0.3 is 5.73 Å². The van der Waals surface area contributed by atoms with Crippen LogP contribution in [0, 0.1) is 17.8 Å². The normalized spacial score (nSPS) is 20.1. The highest BCUT2D eigenvalue weighted by Gasteiger charge is 2.15. The molecule has 0 heterocycles. The van der Waals surface area contributed by atoms with Crippen molar-refractivity contribution in [3.63, 3.8) is 0 Å². The molecule has 0 aromatic heterocycles. The SMILES string of the molecule is CC[C@H](C)C(C)[C@H](C)CN. The van der Waals surface area contributed by atoms with E-state index in [9.17, 15) is 0 Å². The van der Waals surface area contributed by atoms with Gasteiger partial charge in [-0.1, -0.05) is 34.1 Å². The molecule has 0 aromatic carbocycles. The van der Waals surface area contributed by atoms with E-state index in [0.717, 1.165) is 18.4 Å². The third-order valence-corrected chi connectivity index (χ3v) is 2.81. The topological polar surface area (TPSA) is 26.0 Å². The van der Waals surface area contributed by atoms with E-state index >= 15 is 0 Å². The van der Waals surface area contributed by atoms with Crippen LogP contribution in [0.25, 0.3) is 0 Å². The molecule has 0 spiro atoms. The van der Waals surface area contributed by atoms with Crippen LogP contribution in [-0.2, 0) is 0 Å². The van der Waals surface area contributed by atoms with Gasteiger partial charge in [0.1, 0.15) is 0 Å². The van der Waals surface area contributed by atoms with Gasteiger partial charge in [-0.15, -0.1) is 0 Å². The molecule has 0 aliphatic carbocycles. The average molecular weight is 143 g/mol. The first-order chi connectivity index (χ1) is 4.63.